The molecule has 0 bridgehead atoms. The molecule has 0 saturated carbocycles. The van der Waals surface area contributed by atoms with Crippen LogP contribution < -0.4 is 5.32 Å². The SMILES string of the molecule is Cc1nnc2n1CCN([C@@H](C)C(=O)Nc1ccnn1C(C)C)C2. The summed E-state index contributed by atoms with van der Waals surface area (Å²) in [5, 5.41) is 15.5. The van der Waals surface area contributed by atoms with E-state index >= 15 is 0 Å². The first-order chi connectivity index (χ1) is 11.0. The van der Waals surface area contributed by atoms with Gasteiger partial charge in [0.25, 0.3) is 0 Å². The lowest BCUT2D eigenvalue weighted by atomic mass is 10.2. The van der Waals surface area contributed by atoms with Gasteiger partial charge >= 0.3 is 0 Å². The number of hydrogen-bond donors (Lipinski definition) is 1. The fourth-order valence-corrected chi connectivity index (χ4v) is 2.87. The van der Waals surface area contributed by atoms with Gasteiger partial charge in [0.2, 0.25) is 5.91 Å². The molecule has 1 N–H and O–H groups in total. The van der Waals surface area contributed by atoms with Gasteiger partial charge in [0.05, 0.1) is 18.8 Å². The van der Waals surface area contributed by atoms with E-state index in [1.807, 2.05) is 33.8 Å². The van der Waals surface area contributed by atoms with E-state index in [1.54, 1.807) is 10.9 Å². The Balaban J connectivity index is 1.67. The van der Waals surface area contributed by atoms with E-state index in [2.05, 4.69) is 30.1 Å². The van der Waals surface area contributed by atoms with Crippen LogP contribution in [0.15, 0.2) is 12.3 Å². The summed E-state index contributed by atoms with van der Waals surface area (Å²) in [6, 6.07) is 1.78. The summed E-state index contributed by atoms with van der Waals surface area (Å²) in [5.41, 5.74) is 0. The van der Waals surface area contributed by atoms with Crippen LogP contribution in [0.25, 0.3) is 0 Å². The van der Waals surface area contributed by atoms with Gasteiger partial charge in [0.1, 0.15) is 17.5 Å². The average Bonchev–Trinajstić information content (AvgIpc) is 3.13. The molecule has 1 amide bonds. The second-order valence-corrected chi connectivity index (χ2v) is 6.21. The highest BCUT2D eigenvalue weighted by molar-refractivity contribution is 5.93. The van der Waals surface area contributed by atoms with E-state index in [9.17, 15) is 4.79 Å². The summed E-state index contributed by atoms with van der Waals surface area (Å²) >= 11 is 0. The second-order valence-electron chi connectivity index (χ2n) is 6.21. The molecule has 0 radical (unpaired) electrons. The molecule has 0 fully saturated rings. The van der Waals surface area contributed by atoms with Crippen molar-refractivity contribution in [3.63, 3.8) is 0 Å². The molecule has 1 atom stereocenters. The standard InChI is InChI=1S/C15H23N7O/c1-10(2)22-13(5-6-16-22)17-15(23)11(3)20-7-8-21-12(4)18-19-14(21)9-20/h5-6,10-11H,7-9H2,1-4H3,(H,17,23)/t11-/m0/s1. The largest absolute Gasteiger partial charge is 0.313 e. The lowest BCUT2D eigenvalue weighted by Crippen LogP contribution is -2.46. The third-order valence-corrected chi connectivity index (χ3v) is 4.31. The number of aryl methyl sites for hydroxylation is 1. The third kappa shape index (κ3) is 2.98. The first-order valence-electron chi connectivity index (χ1n) is 7.94. The van der Waals surface area contributed by atoms with Crippen molar-refractivity contribution >= 4 is 11.7 Å². The van der Waals surface area contributed by atoms with Gasteiger partial charge in [0.15, 0.2) is 0 Å². The fraction of sp³-hybridized carbons (Fsp3) is 0.600. The van der Waals surface area contributed by atoms with Gasteiger partial charge in [-0.15, -0.1) is 10.2 Å². The van der Waals surface area contributed by atoms with Gasteiger partial charge in [-0.25, -0.2) is 4.68 Å². The van der Waals surface area contributed by atoms with Crippen molar-refractivity contribution in [2.75, 3.05) is 11.9 Å². The lowest BCUT2D eigenvalue weighted by Gasteiger charge is -2.31. The van der Waals surface area contributed by atoms with Crippen LogP contribution in [0.5, 0.6) is 0 Å². The predicted molar refractivity (Wildman–Crippen MR) is 85.9 cm³/mol. The molecule has 23 heavy (non-hydrogen) atoms. The highest BCUT2D eigenvalue weighted by Gasteiger charge is 2.27. The third-order valence-electron chi connectivity index (χ3n) is 4.31. The lowest BCUT2D eigenvalue weighted by molar-refractivity contribution is -0.121. The van der Waals surface area contributed by atoms with Crippen molar-refractivity contribution in [1.29, 1.82) is 0 Å². The summed E-state index contributed by atoms with van der Waals surface area (Å²) in [7, 11) is 0. The summed E-state index contributed by atoms with van der Waals surface area (Å²) in [5.74, 6) is 2.54. The zero-order valence-corrected chi connectivity index (χ0v) is 14.0. The molecule has 1 aliphatic rings. The normalized spacial score (nSPS) is 16.4. The maximum absolute atomic E-state index is 12.6. The Morgan fingerprint density at radius 2 is 2.04 bits per heavy atom. The molecule has 8 heteroatoms. The van der Waals surface area contributed by atoms with Crippen molar-refractivity contribution in [2.45, 2.75) is 52.9 Å². The molecule has 0 aromatic carbocycles. The van der Waals surface area contributed by atoms with E-state index in [4.69, 9.17) is 0 Å². The van der Waals surface area contributed by atoms with Crippen LogP contribution in [-0.4, -0.2) is 47.9 Å². The second kappa shape index (κ2) is 6.11. The van der Waals surface area contributed by atoms with Gasteiger partial charge in [-0.3, -0.25) is 9.69 Å². The molecule has 0 aliphatic carbocycles. The topological polar surface area (TPSA) is 80.9 Å². The zero-order valence-electron chi connectivity index (χ0n) is 14.0. The van der Waals surface area contributed by atoms with Crippen LogP contribution in [0.1, 0.15) is 38.5 Å². The minimum absolute atomic E-state index is 0.0305. The molecule has 0 spiro atoms. The quantitative estimate of drug-likeness (QED) is 0.916. The Labute approximate surface area is 135 Å². The number of carbonyl (C=O) groups is 1. The van der Waals surface area contributed by atoms with Crippen molar-refractivity contribution < 1.29 is 4.79 Å². The van der Waals surface area contributed by atoms with Crippen molar-refractivity contribution in [3.8, 4) is 0 Å². The minimum Gasteiger partial charge on any atom is -0.313 e. The minimum atomic E-state index is -0.240. The van der Waals surface area contributed by atoms with E-state index in [0.29, 0.717) is 6.54 Å². The van der Waals surface area contributed by atoms with Gasteiger partial charge < -0.3 is 9.88 Å². The van der Waals surface area contributed by atoms with Crippen LogP contribution in [-0.2, 0) is 17.9 Å². The Bertz CT molecular complexity index is 702. The van der Waals surface area contributed by atoms with Crippen LogP contribution in [0.3, 0.4) is 0 Å². The molecule has 8 nitrogen and oxygen atoms in total. The summed E-state index contributed by atoms with van der Waals surface area (Å²) in [4.78, 5) is 14.7. The zero-order chi connectivity index (χ0) is 16.6. The molecule has 124 valence electrons. The van der Waals surface area contributed by atoms with Crippen molar-refractivity contribution in [3.05, 3.63) is 23.9 Å². The van der Waals surface area contributed by atoms with Gasteiger partial charge in [-0.2, -0.15) is 5.10 Å². The summed E-state index contributed by atoms with van der Waals surface area (Å²) in [6.07, 6.45) is 1.70. The Morgan fingerprint density at radius 3 is 2.78 bits per heavy atom. The van der Waals surface area contributed by atoms with E-state index < -0.39 is 0 Å². The van der Waals surface area contributed by atoms with Crippen molar-refractivity contribution in [1.82, 2.24) is 29.4 Å². The number of anilines is 1. The highest BCUT2D eigenvalue weighted by atomic mass is 16.2. The van der Waals surface area contributed by atoms with E-state index in [1.165, 1.54) is 0 Å². The number of rotatable bonds is 4. The molecule has 0 saturated heterocycles. The molecule has 0 unspecified atom stereocenters. The summed E-state index contributed by atoms with van der Waals surface area (Å²) in [6.45, 7) is 10.2. The Morgan fingerprint density at radius 1 is 1.26 bits per heavy atom. The highest BCUT2D eigenvalue weighted by Crippen LogP contribution is 2.17. The molecule has 3 rings (SSSR count). The number of fused-ring (bicyclic) bond motifs is 1. The fourth-order valence-electron chi connectivity index (χ4n) is 2.87. The average molecular weight is 317 g/mol. The van der Waals surface area contributed by atoms with Crippen LogP contribution in [0.4, 0.5) is 5.82 Å². The Hall–Kier alpha value is -2.22. The van der Waals surface area contributed by atoms with Crippen LogP contribution in [0, 0.1) is 6.92 Å². The number of amides is 1. The van der Waals surface area contributed by atoms with E-state index in [0.717, 1.165) is 30.6 Å². The van der Waals surface area contributed by atoms with Crippen LogP contribution >= 0.6 is 0 Å². The molecule has 2 aromatic heterocycles. The first-order valence-corrected chi connectivity index (χ1v) is 7.94. The molecular weight excluding hydrogens is 294 g/mol. The number of nitrogens with one attached hydrogen (secondary N) is 1. The number of aromatic nitrogens is 5. The maximum atomic E-state index is 12.6. The number of hydrogen-bond acceptors (Lipinski definition) is 5. The van der Waals surface area contributed by atoms with Gasteiger partial charge in [-0.05, 0) is 27.7 Å². The molecule has 1 aliphatic heterocycles. The molecular formula is C15H23N7O. The predicted octanol–water partition coefficient (Wildman–Crippen LogP) is 1.21. The van der Waals surface area contributed by atoms with Crippen LogP contribution in [0.2, 0.25) is 0 Å². The van der Waals surface area contributed by atoms with E-state index in [-0.39, 0.29) is 18.0 Å². The number of nitrogens with zero attached hydrogens (tertiary/aromatic N) is 6. The van der Waals surface area contributed by atoms with Gasteiger partial charge in [-0.1, -0.05) is 0 Å². The van der Waals surface area contributed by atoms with Crippen molar-refractivity contribution in [2.24, 2.45) is 0 Å². The smallest absolute Gasteiger partial charge is 0.242 e. The Kier molecular flexibility index (Phi) is 4.16. The number of carbonyl (C=O) groups excluding carboxylic acids is 1. The maximum Gasteiger partial charge on any atom is 0.242 e. The molecule has 3 heterocycles. The first kappa shape index (κ1) is 15.7. The monoisotopic (exact) mass is 317 g/mol. The summed E-state index contributed by atoms with van der Waals surface area (Å²) < 4.78 is 3.91. The molecule has 2 aromatic rings. The van der Waals surface area contributed by atoms with Gasteiger partial charge in [0, 0.05) is 25.2 Å².